The van der Waals surface area contributed by atoms with Crippen LogP contribution in [0, 0.1) is 5.92 Å². The fraction of sp³-hybridized carbons (Fsp3) is 0.611. The quantitative estimate of drug-likeness (QED) is 0.926. The lowest BCUT2D eigenvalue weighted by atomic mass is 9.92. The molecule has 4 heteroatoms. The van der Waals surface area contributed by atoms with Gasteiger partial charge in [0.1, 0.15) is 0 Å². The summed E-state index contributed by atoms with van der Waals surface area (Å²) in [4.78, 5) is 14.8. The third kappa shape index (κ3) is 3.33. The van der Waals surface area contributed by atoms with Crippen molar-refractivity contribution < 1.29 is 9.53 Å². The van der Waals surface area contributed by atoms with Crippen LogP contribution < -0.4 is 5.32 Å². The summed E-state index contributed by atoms with van der Waals surface area (Å²) in [6.45, 7) is 3.45. The van der Waals surface area contributed by atoms with E-state index in [4.69, 9.17) is 4.74 Å². The zero-order chi connectivity index (χ0) is 15.4. The third-order valence-corrected chi connectivity index (χ3v) is 4.95. The topological polar surface area (TPSA) is 41.6 Å². The minimum atomic E-state index is -0.390. The SMILES string of the molecule is CNCCC1CCN(C(=O)C2OCCc3ccccc32)CC1. The molecule has 1 saturated heterocycles. The van der Waals surface area contributed by atoms with E-state index in [9.17, 15) is 4.79 Å². The van der Waals surface area contributed by atoms with Crippen LogP contribution in [0.5, 0.6) is 0 Å². The molecule has 22 heavy (non-hydrogen) atoms. The van der Waals surface area contributed by atoms with Gasteiger partial charge in [-0.1, -0.05) is 24.3 Å². The molecular weight excluding hydrogens is 276 g/mol. The molecule has 2 aliphatic rings. The predicted molar refractivity (Wildman–Crippen MR) is 86.7 cm³/mol. The number of fused-ring (bicyclic) bond motifs is 1. The summed E-state index contributed by atoms with van der Waals surface area (Å²) in [6, 6.07) is 8.19. The lowest BCUT2D eigenvalue weighted by Gasteiger charge is -2.35. The number of carbonyl (C=O) groups excluding carboxylic acids is 1. The Kier molecular flexibility index (Phi) is 5.11. The number of ether oxygens (including phenoxy) is 1. The molecule has 1 amide bonds. The second-order valence-electron chi connectivity index (χ2n) is 6.36. The number of nitrogens with zero attached hydrogens (tertiary/aromatic N) is 1. The first-order valence-electron chi connectivity index (χ1n) is 8.42. The molecule has 0 spiro atoms. The molecule has 4 nitrogen and oxygen atoms in total. The van der Waals surface area contributed by atoms with Crippen LogP contribution in [-0.2, 0) is 16.0 Å². The summed E-state index contributed by atoms with van der Waals surface area (Å²) in [6.07, 6.45) is 3.95. The monoisotopic (exact) mass is 302 g/mol. The molecule has 0 aliphatic carbocycles. The number of amides is 1. The number of likely N-dealkylation sites (tertiary alicyclic amines) is 1. The van der Waals surface area contributed by atoms with E-state index in [1.165, 1.54) is 12.0 Å². The molecular formula is C18H26N2O2. The molecule has 2 aliphatic heterocycles. The summed E-state index contributed by atoms with van der Waals surface area (Å²) in [5.74, 6) is 0.898. The first-order valence-corrected chi connectivity index (χ1v) is 8.42. The number of rotatable bonds is 4. The van der Waals surface area contributed by atoms with Crippen molar-refractivity contribution in [2.24, 2.45) is 5.92 Å². The molecule has 1 unspecified atom stereocenters. The Balaban J connectivity index is 1.61. The first-order chi connectivity index (χ1) is 10.8. The molecule has 120 valence electrons. The van der Waals surface area contributed by atoms with E-state index in [1.54, 1.807) is 0 Å². The molecule has 0 bridgehead atoms. The third-order valence-electron chi connectivity index (χ3n) is 4.95. The van der Waals surface area contributed by atoms with Crippen LogP contribution in [0.3, 0.4) is 0 Å². The van der Waals surface area contributed by atoms with Gasteiger partial charge in [-0.05, 0) is 56.3 Å². The number of benzene rings is 1. The smallest absolute Gasteiger partial charge is 0.256 e. The minimum Gasteiger partial charge on any atom is -0.363 e. The van der Waals surface area contributed by atoms with Crippen molar-refractivity contribution in [2.45, 2.75) is 31.8 Å². The van der Waals surface area contributed by atoms with Crippen LogP contribution in [0.4, 0.5) is 0 Å². The van der Waals surface area contributed by atoms with Gasteiger partial charge in [-0.15, -0.1) is 0 Å². The van der Waals surface area contributed by atoms with Gasteiger partial charge in [0.05, 0.1) is 6.61 Å². The number of hydrogen-bond donors (Lipinski definition) is 1. The van der Waals surface area contributed by atoms with Crippen LogP contribution in [0.25, 0.3) is 0 Å². The summed E-state index contributed by atoms with van der Waals surface area (Å²) >= 11 is 0. The molecule has 0 radical (unpaired) electrons. The van der Waals surface area contributed by atoms with E-state index in [0.29, 0.717) is 6.61 Å². The molecule has 1 fully saturated rings. The average molecular weight is 302 g/mol. The number of nitrogens with one attached hydrogen (secondary N) is 1. The van der Waals surface area contributed by atoms with Gasteiger partial charge in [0, 0.05) is 13.1 Å². The van der Waals surface area contributed by atoms with Gasteiger partial charge in [-0.2, -0.15) is 0 Å². The second-order valence-corrected chi connectivity index (χ2v) is 6.36. The lowest BCUT2D eigenvalue weighted by Crippen LogP contribution is -2.43. The highest BCUT2D eigenvalue weighted by Crippen LogP contribution is 2.30. The van der Waals surface area contributed by atoms with E-state index in [1.807, 2.05) is 30.1 Å². The van der Waals surface area contributed by atoms with Crippen LogP contribution in [0.15, 0.2) is 24.3 Å². The Morgan fingerprint density at radius 1 is 1.32 bits per heavy atom. The minimum absolute atomic E-state index is 0.152. The summed E-state index contributed by atoms with van der Waals surface area (Å²) < 4.78 is 5.81. The number of carbonyl (C=O) groups is 1. The Morgan fingerprint density at radius 3 is 2.86 bits per heavy atom. The Labute approximate surface area is 132 Å². The summed E-state index contributed by atoms with van der Waals surface area (Å²) in [7, 11) is 2.00. The Hall–Kier alpha value is -1.39. The summed E-state index contributed by atoms with van der Waals surface area (Å²) in [5.41, 5.74) is 2.33. The Morgan fingerprint density at radius 2 is 2.09 bits per heavy atom. The molecule has 0 aromatic heterocycles. The van der Waals surface area contributed by atoms with Gasteiger partial charge in [0.2, 0.25) is 0 Å². The van der Waals surface area contributed by atoms with Crippen molar-refractivity contribution in [3.63, 3.8) is 0 Å². The van der Waals surface area contributed by atoms with Crippen molar-refractivity contribution in [3.05, 3.63) is 35.4 Å². The molecule has 1 aromatic carbocycles. The maximum Gasteiger partial charge on any atom is 0.256 e. The summed E-state index contributed by atoms with van der Waals surface area (Å²) in [5, 5.41) is 3.21. The normalized spacial score (nSPS) is 22.4. The highest BCUT2D eigenvalue weighted by Gasteiger charge is 2.32. The van der Waals surface area contributed by atoms with Gasteiger partial charge in [-0.3, -0.25) is 4.79 Å². The first kappa shape index (κ1) is 15.5. The Bertz CT molecular complexity index is 510. The van der Waals surface area contributed by atoms with Crippen molar-refractivity contribution in [1.82, 2.24) is 10.2 Å². The van der Waals surface area contributed by atoms with E-state index < -0.39 is 0 Å². The fourth-order valence-corrected chi connectivity index (χ4v) is 3.55. The zero-order valence-corrected chi connectivity index (χ0v) is 13.4. The number of piperidine rings is 1. The van der Waals surface area contributed by atoms with E-state index >= 15 is 0 Å². The van der Waals surface area contributed by atoms with Gasteiger partial charge in [-0.25, -0.2) is 0 Å². The van der Waals surface area contributed by atoms with Crippen LogP contribution in [0.1, 0.15) is 36.5 Å². The van der Waals surface area contributed by atoms with Crippen molar-refractivity contribution in [2.75, 3.05) is 33.3 Å². The molecule has 2 heterocycles. The average Bonchev–Trinajstić information content (AvgIpc) is 2.59. The van der Waals surface area contributed by atoms with Crippen LogP contribution in [0.2, 0.25) is 0 Å². The van der Waals surface area contributed by atoms with Gasteiger partial charge < -0.3 is 15.0 Å². The van der Waals surface area contributed by atoms with Crippen molar-refractivity contribution in [3.8, 4) is 0 Å². The van der Waals surface area contributed by atoms with Crippen molar-refractivity contribution >= 4 is 5.91 Å². The molecule has 1 N–H and O–H groups in total. The molecule has 1 aromatic rings. The van der Waals surface area contributed by atoms with Crippen LogP contribution >= 0.6 is 0 Å². The standard InChI is InChI=1S/C18H26N2O2/c1-19-10-6-14-7-11-20(12-8-14)18(21)17-16-5-3-2-4-15(16)9-13-22-17/h2-5,14,17,19H,6-13H2,1H3. The van der Waals surface area contributed by atoms with E-state index in [0.717, 1.165) is 50.4 Å². The van der Waals surface area contributed by atoms with Crippen LogP contribution in [-0.4, -0.2) is 44.1 Å². The molecule has 1 atom stereocenters. The van der Waals surface area contributed by atoms with E-state index in [-0.39, 0.29) is 12.0 Å². The lowest BCUT2D eigenvalue weighted by molar-refractivity contribution is -0.146. The van der Waals surface area contributed by atoms with Gasteiger partial charge >= 0.3 is 0 Å². The maximum absolute atomic E-state index is 12.8. The zero-order valence-electron chi connectivity index (χ0n) is 13.4. The largest absolute Gasteiger partial charge is 0.363 e. The predicted octanol–water partition coefficient (Wildman–Crippen LogP) is 2.15. The number of hydrogen-bond acceptors (Lipinski definition) is 3. The van der Waals surface area contributed by atoms with Crippen molar-refractivity contribution in [1.29, 1.82) is 0 Å². The van der Waals surface area contributed by atoms with Gasteiger partial charge in [0.15, 0.2) is 6.10 Å². The highest BCUT2D eigenvalue weighted by molar-refractivity contribution is 5.83. The van der Waals surface area contributed by atoms with Gasteiger partial charge in [0.25, 0.3) is 5.91 Å². The maximum atomic E-state index is 12.8. The highest BCUT2D eigenvalue weighted by atomic mass is 16.5. The molecule has 3 rings (SSSR count). The molecule has 0 saturated carbocycles. The fourth-order valence-electron chi connectivity index (χ4n) is 3.55. The second kappa shape index (κ2) is 7.25. The van der Waals surface area contributed by atoms with E-state index in [2.05, 4.69) is 11.4 Å².